The second-order valence-corrected chi connectivity index (χ2v) is 9.81. The standard InChI is InChI=1S/C23H27FN2O5S/c1-16-6-11-20(32(29,30)26-12-4-3-5-17(26)2)13-21(16)23(28)31-15-22(27)25-14-18-7-9-19(24)10-8-18/h6-11,13,17H,3-5,12,14-15H2,1-2H3,(H,25,27). The first-order valence-electron chi connectivity index (χ1n) is 10.5. The number of aryl methyl sites for hydroxylation is 1. The second-order valence-electron chi connectivity index (χ2n) is 7.92. The maximum atomic E-state index is 13.1. The van der Waals surface area contributed by atoms with Crippen molar-refractivity contribution in [2.45, 2.75) is 50.6 Å². The van der Waals surface area contributed by atoms with Crippen LogP contribution in [0, 0.1) is 12.7 Å². The van der Waals surface area contributed by atoms with Gasteiger partial charge in [0.1, 0.15) is 5.82 Å². The molecule has 1 fully saturated rings. The number of amides is 1. The highest BCUT2D eigenvalue weighted by Gasteiger charge is 2.31. The molecule has 1 N–H and O–H groups in total. The van der Waals surface area contributed by atoms with E-state index in [0.717, 1.165) is 19.3 Å². The molecule has 1 heterocycles. The highest BCUT2D eigenvalue weighted by Crippen LogP contribution is 2.26. The van der Waals surface area contributed by atoms with Crippen LogP contribution in [0.2, 0.25) is 0 Å². The molecular formula is C23H27FN2O5S. The van der Waals surface area contributed by atoms with Gasteiger partial charge in [0.25, 0.3) is 5.91 Å². The monoisotopic (exact) mass is 462 g/mol. The Bertz CT molecular complexity index is 1090. The highest BCUT2D eigenvalue weighted by atomic mass is 32.2. The molecule has 1 aliphatic heterocycles. The normalized spacial score (nSPS) is 17.0. The van der Waals surface area contributed by atoms with Crippen LogP contribution in [0.5, 0.6) is 0 Å². The van der Waals surface area contributed by atoms with Crippen molar-refractivity contribution in [3.05, 3.63) is 65.0 Å². The molecule has 3 rings (SSSR count). The average molecular weight is 463 g/mol. The van der Waals surface area contributed by atoms with Crippen LogP contribution in [0.1, 0.15) is 47.7 Å². The van der Waals surface area contributed by atoms with Crippen LogP contribution in [-0.4, -0.2) is 43.8 Å². The summed E-state index contributed by atoms with van der Waals surface area (Å²) in [4.78, 5) is 24.6. The van der Waals surface area contributed by atoms with Crippen molar-refractivity contribution in [3.8, 4) is 0 Å². The Morgan fingerprint density at radius 1 is 1.16 bits per heavy atom. The van der Waals surface area contributed by atoms with Gasteiger partial charge in [-0.3, -0.25) is 4.79 Å². The lowest BCUT2D eigenvalue weighted by Gasteiger charge is -2.32. The molecule has 9 heteroatoms. The van der Waals surface area contributed by atoms with Crippen LogP contribution in [-0.2, 0) is 26.1 Å². The minimum Gasteiger partial charge on any atom is -0.452 e. The van der Waals surface area contributed by atoms with E-state index in [4.69, 9.17) is 4.74 Å². The predicted molar refractivity (Wildman–Crippen MR) is 117 cm³/mol. The molecule has 7 nitrogen and oxygen atoms in total. The zero-order valence-electron chi connectivity index (χ0n) is 18.1. The number of benzene rings is 2. The van der Waals surface area contributed by atoms with Crippen molar-refractivity contribution < 1.29 is 27.1 Å². The number of nitrogens with one attached hydrogen (secondary N) is 1. The minimum absolute atomic E-state index is 0.0320. The van der Waals surface area contributed by atoms with E-state index in [2.05, 4.69) is 5.32 Å². The lowest BCUT2D eigenvalue weighted by atomic mass is 10.1. The van der Waals surface area contributed by atoms with Gasteiger partial charge in [0.2, 0.25) is 10.0 Å². The molecule has 1 unspecified atom stereocenters. The third-order valence-corrected chi connectivity index (χ3v) is 7.52. The minimum atomic E-state index is -3.74. The van der Waals surface area contributed by atoms with E-state index in [0.29, 0.717) is 17.7 Å². The van der Waals surface area contributed by atoms with Gasteiger partial charge in [-0.05, 0) is 62.1 Å². The number of esters is 1. The van der Waals surface area contributed by atoms with Gasteiger partial charge in [-0.2, -0.15) is 4.31 Å². The van der Waals surface area contributed by atoms with Crippen LogP contribution < -0.4 is 5.32 Å². The van der Waals surface area contributed by atoms with E-state index in [1.54, 1.807) is 25.1 Å². The Kier molecular flexibility index (Phi) is 7.63. The molecule has 0 spiro atoms. The Hall–Kier alpha value is -2.78. The number of rotatable bonds is 7. The SMILES string of the molecule is Cc1ccc(S(=O)(=O)N2CCCCC2C)cc1C(=O)OCC(=O)NCc1ccc(F)cc1. The summed E-state index contributed by atoms with van der Waals surface area (Å²) in [7, 11) is -3.74. The molecule has 1 amide bonds. The number of halogens is 1. The van der Waals surface area contributed by atoms with E-state index < -0.39 is 28.5 Å². The van der Waals surface area contributed by atoms with Gasteiger partial charge in [-0.25, -0.2) is 17.6 Å². The van der Waals surface area contributed by atoms with Gasteiger partial charge in [0.05, 0.1) is 10.5 Å². The number of hydrogen-bond donors (Lipinski definition) is 1. The molecule has 1 atom stereocenters. The smallest absolute Gasteiger partial charge is 0.338 e. The van der Waals surface area contributed by atoms with E-state index in [1.807, 2.05) is 6.92 Å². The molecule has 1 aliphatic rings. The zero-order chi connectivity index (χ0) is 23.3. The Morgan fingerprint density at radius 2 is 1.88 bits per heavy atom. The molecule has 32 heavy (non-hydrogen) atoms. The first-order valence-corrected chi connectivity index (χ1v) is 11.9. The number of piperidine rings is 1. The lowest BCUT2D eigenvalue weighted by molar-refractivity contribution is -0.124. The summed E-state index contributed by atoms with van der Waals surface area (Å²) in [6.45, 7) is 3.65. The van der Waals surface area contributed by atoms with Crippen molar-refractivity contribution in [1.82, 2.24) is 9.62 Å². The molecule has 172 valence electrons. The molecule has 2 aromatic carbocycles. The van der Waals surface area contributed by atoms with Crippen molar-refractivity contribution in [1.29, 1.82) is 0 Å². The number of carbonyl (C=O) groups excluding carboxylic acids is 2. The number of sulfonamides is 1. The summed E-state index contributed by atoms with van der Waals surface area (Å²) in [6.07, 6.45) is 2.59. The van der Waals surface area contributed by atoms with Gasteiger partial charge in [-0.15, -0.1) is 0 Å². The topological polar surface area (TPSA) is 92.8 Å². The summed E-state index contributed by atoms with van der Waals surface area (Å²) >= 11 is 0. The van der Waals surface area contributed by atoms with Crippen molar-refractivity contribution in [3.63, 3.8) is 0 Å². The first-order chi connectivity index (χ1) is 15.2. The fourth-order valence-corrected chi connectivity index (χ4v) is 5.33. The molecule has 0 saturated carbocycles. The Balaban J connectivity index is 1.63. The maximum absolute atomic E-state index is 13.1. The molecule has 0 bridgehead atoms. The largest absolute Gasteiger partial charge is 0.452 e. The third-order valence-electron chi connectivity index (χ3n) is 5.51. The van der Waals surface area contributed by atoms with E-state index in [-0.39, 0.29) is 28.9 Å². The van der Waals surface area contributed by atoms with Crippen LogP contribution >= 0.6 is 0 Å². The van der Waals surface area contributed by atoms with Gasteiger partial charge in [0.15, 0.2) is 6.61 Å². The molecule has 1 saturated heterocycles. The van der Waals surface area contributed by atoms with Gasteiger partial charge in [-0.1, -0.05) is 24.6 Å². The fraction of sp³-hybridized carbons (Fsp3) is 0.391. The quantitative estimate of drug-likeness (QED) is 0.638. The molecule has 0 aliphatic carbocycles. The first kappa shape index (κ1) is 23.9. The Labute approximate surface area is 187 Å². The van der Waals surface area contributed by atoms with E-state index >= 15 is 0 Å². The average Bonchev–Trinajstić information content (AvgIpc) is 2.77. The van der Waals surface area contributed by atoms with Gasteiger partial charge in [0, 0.05) is 19.1 Å². The highest BCUT2D eigenvalue weighted by molar-refractivity contribution is 7.89. The van der Waals surface area contributed by atoms with Gasteiger partial charge < -0.3 is 10.1 Å². The number of carbonyl (C=O) groups is 2. The molecule has 2 aromatic rings. The number of hydrogen-bond acceptors (Lipinski definition) is 5. The number of ether oxygens (including phenoxy) is 1. The molecular weight excluding hydrogens is 435 g/mol. The van der Waals surface area contributed by atoms with Crippen molar-refractivity contribution >= 4 is 21.9 Å². The second kappa shape index (κ2) is 10.2. The predicted octanol–water partition coefficient (Wildman–Crippen LogP) is 3.17. The maximum Gasteiger partial charge on any atom is 0.338 e. The Morgan fingerprint density at radius 3 is 2.56 bits per heavy atom. The summed E-state index contributed by atoms with van der Waals surface area (Å²) in [5.74, 6) is -1.67. The summed E-state index contributed by atoms with van der Waals surface area (Å²) in [5.41, 5.74) is 1.35. The van der Waals surface area contributed by atoms with Crippen LogP contribution in [0.3, 0.4) is 0 Å². The lowest BCUT2D eigenvalue weighted by Crippen LogP contribution is -2.41. The summed E-state index contributed by atoms with van der Waals surface area (Å²) < 4.78 is 45.6. The van der Waals surface area contributed by atoms with Crippen molar-refractivity contribution in [2.24, 2.45) is 0 Å². The molecule has 0 aromatic heterocycles. The van der Waals surface area contributed by atoms with Gasteiger partial charge >= 0.3 is 5.97 Å². The van der Waals surface area contributed by atoms with Crippen LogP contribution in [0.25, 0.3) is 0 Å². The van der Waals surface area contributed by atoms with Crippen LogP contribution in [0.4, 0.5) is 4.39 Å². The van der Waals surface area contributed by atoms with Crippen molar-refractivity contribution in [2.75, 3.05) is 13.2 Å². The van der Waals surface area contributed by atoms with E-state index in [9.17, 15) is 22.4 Å². The van der Waals surface area contributed by atoms with E-state index in [1.165, 1.54) is 28.6 Å². The molecule has 0 radical (unpaired) electrons. The summed E-state index contributed by atoms with van der Waals surface area (Å²) in [6, 6.07) is 9.91. The fourth-order valence-electron chi connectivity index (χ4n) is 3.61. The third kappa shape index (κ3) is 5.72. The zero-order valence-corrected chi connectivity index (χ0v) is 19.0. The number of nitrogens with zero attached hydrogens (tertiary/aromatic N) is 1. The summed E-state index contributed by atoms with van der Waals surface area (Å²) in [5, 5.41) is 2.58. The van der Waals surface area contributed by atoms with Crippen LogP contribution in [0.15, 0.2) is 47.4 Å².